The molecular formula is C15H12BrClFNO2. The van der Waals surface area contributed by atoms with Crippen molar-refractivity contribution in [3.63, 3.8) is 0 Å². The van der Waals surface area contributed by atoms with Crippen molar-refractivity contribution in [3.8, 4) is 5.75 Å². The van der Waals surface area contributed by atoms with Crippen LogP contribution in [0.3, 0.4) is 0 Å². The van der Waals surface area contributed by atoms with Gasteiger partial charge in [-0.05, 0) is 46.6 Å². The van der Waals surface area contributed by atoms with Gasteiger partial charge in [0.25, 0.3) is 5.91 Å². The van der Waals surface area contributed by atoms with E-state index in [0.717, 1.165) is 5.56 Å². The van der Waals surface area contributed by atoms with Gasteiger partial charge < -0.3 is 10.1 Å². The number of carbonyl (C=O) groups is 1. The molecule has 0 radical (unpaired) electrons. The number of hydrogen-bond donors (Lipinski definition) is 1. The Morgan fingerprint density at radius 2 is 2.10 bits per heavy atom. The molecule has 1 amide bonds. The van der Waals surface area contributed by atoms with Crippen molar-refractivity contribution >= 4 is 39.1 Å². The lowest BCUT2D eigenvalue weighted by Crippen LogP contribution is -2.14. The number of anilines is 1. The van der Waals surface area contributed by atoms with Crippen LogP contribution < -0.4 is 10.1 Å². The van der Waals surface area contributed by atoms with Crippen molar-refractivity contribution in [1.29, 1.82) is 0 Å². The molecule has 0 unspecified atom stereocenters. The fourth-order valence-electron chi connectivity index (χ4n) is 1.80. The minimum absolute atomic E-state index is 0.118. The second-order valence-corrected chi connectivity index (χ2v) is 5.56. The fourth-order valence-corrected chi connectivity index (χ4v) is 2.40. The van der Waals surface area contributed by atoms with E-state index in [2.05, 4.69) is 21.2 Å². The van der Waals surface area contributed by atoms with Crippen LogP contribution in [0.2, 0.25) is 5.02 Å². The zero-order valence-corrected chi connectivity index (χ0v) is 13.7. The SMILES string of the molecule is COc1cc(Cl)c(C)cc1NC(=O)c1cccc(F)c1Br. The second kappa shape index (κ2) is 6.45. The Bertz CT molecular complexity index is 706. The summed E-state index contributed by atoms with van der Waals surface area (Å²) in [5.41, 5.74) is 1.47. The van der Waals surface area contributed by atoms with Gasteiger partial charge in [-0.25, -0.2) is 4.39 Å². The number of halogens is 3. The van der Waals surface area contributed by atoms with Crippen LogP contribution in [0.25, 0.3) is 0 Å². The van der Waals surface area contributed by atoms with Crippen molar-refractivity contribution in [2.24, 2.45) is 0 Å². The van der Waals surface area contributed by atoms with Crippen LogP contribution in [0.1, 0.15) is 15.9 Å². The Balaban J connectivity index is 2.36. The molecule has 110 valence electrons. The molecule has 0 aliphatic heterocycles. The maximum atomic E-state index is 13.5. The average Bonchev–Trinajstić information content (AvgIpc) is 2.45. The van der Waals surface area contributed by atoms with Crippen LogP contribution in [0, 0.1) is 12.7 Å². The van der Waals surface area contributed by atoms with E-state index in [9.17, 15) is 9.18 Å². The first-order valence-electron chi connectivity index (χ1n) is 6.03. The van der Waals surface area contributed by atoms with Crippen LogP contribution in [0.5, 0.6) is 5.75 Å². The average molecular weight is 373 g/mol. The molecule has 3 nitrogen and oxygen atoms in total. The molecule has 6 heteroatoms. The smallest absolute Gasteiger partial charge is 0.257 e. The molecule has 0 fully saturated rings. The highest BCUT2D eigenvalue weighted by molar-refractivity contribution is 9.10. The summed E-state index contributed by atoms with van der Waals surface area (Å²) in [7, 11) is 1.48. The molecule has 0 bridgehead atoms. The molecule has 0 saturated carbocycles. The highest BCUT2D eigenvalue weighted by Gasteiger charge is 2.16. The third-order valence-corrected chi connectivity index (χ3v) is 4.14. The van der Waals surface area contributed by atoms with E-state index in [4.69, 9.17) is 16.3 Å². The predicted molar refractivity (Wildman–Crippen MR) is 84.8 cm³/mol. The van der Waals surface area contributed by atoms with E-state index in [0.29, 0.717) is 16.5 Å². The van der Waals surface area contributed by atoms with Crippen molar-refractivity contribution in [3.05, 3.63) is 56.8 Å². The molecule has 0 atom stereocenters. The fraction of sp³-hybridized carbons (Fsp3) is 0.133. The van der Waals surface area contributed by atoms with Crippen molar-refractivity contribution in [2.75, 3.05) is 12.4 Å². The molecule has 2 rings (SSSR count). The van der Waals surface area contributed by atoms with Crippen LogP contribution >= 0.6 is 27.5 Å². The van der Waals surface area contributed by atoms with Gasteiger partial charge in [-0.2, -0.15) is 0 Å². The minimum atomic E-state index is -0.498. The Hall–Kier alpha value is -1.59. The molecule has 21 heavy (non-hydrogen) atoms. The van der Waals surface area contributed by atoms with Crippen LogP contribution in [0.4, 0.5) is 10.1 Å². The highest BCUT2D eigenvalue weighted by Crippen LogP contribution is 2.31. The van der Waals surface area contributed by atoms with Gasteiger partial charge in [-0.15, -0.1) is 0 Å². The predicted octanol–water partition coefficient (Wildman–Crippen LogP) is 4.81. The number of methoxy groups -OCH3 is 1. The maximum Gasteiger partial charge on any atom is 0.257 e. The molecule has 2 aromatic rings. The monoisotopic (exact) mass is 371 g/mol. The summed E-state index contributed by atoms with van der Waals surface area (Å²) in [6.45, 7) is 1.82. The third-order valence-electron chi connectivity index (χ3n) is 2.93. The standard InChI is InChI=1S/C15H12BrClFNO2/c1-8-6-12(13(21-2)7-10(8)17)19-15(20)9-4-3-5-11(18)14(9)16/h3-7H,1-2H3,(H,19,20). The summed E-state index contributed by atoms with van der Waals surface area (Å²) in [5, 5.41) is 3.23. The molecule has 2 aromatic carbocycles. The number of hydrogen-bond acceptors (Lipinski definition) is 2. The van der Waals surface area contributed by atoms with Gasteiger partial charge in [0.15, 0.2) is 0 Å². The van der Waals surface area contributed by atoms with Crippen molar-refractivity contribution in [1.82, 2.24) is 0 Å². The summed E-state index contributed by atoms with van der Waals surface area (Å²) in [4.78, 5) is 12.3. The lowest BCUT2D eigenvalue weighted by molar-refractivity contribution is 0.102. The lowest BCUT2D eigenvalue weighted by Gasteiger charge is -2.13. The zero-order valence-electron chi connectivity index (χ0n) is 11.3. The second-order valence-electron chi connectivity index (χ2n) is 4.36. The summed E-state index contributed by atoms with van der Waals surface area (Å²) in [6.07, 6.45) is 0. The molecule has 0 heterocycles. The first-order chi connectivity index (χ1) is 9.93. The van der Waals surface area contributed by atoms with Gasteiger partial charge in [0, 0.05) is 11.1 Å². The van der Waals surface area contributed by atoms with E-state index in [1.165, 1.54) is 25.3 Å². The zero-order chi connectivity index (χ0) is 15.6. The normalized spacial score (nSPS) is 10.3. The van der Waals surface area contributed by atoms with Gasteiger partial charge in [0.1, 0.15) is 11.6 Å². The number of nitrogens with one attached hydrogen (secondary N) is 1. The van der Waals surface area contributed by atoms with E-state index in [1.807, 2.05) is 6.92 Å². The molecule has 0 aromatic heterocycles. The van der Waals surface area contributed by atoms with E-state index in [-0.39, 0.29) is 10.0 Å². The van der Waals surface area contributed by atoms with Gasteiger partial charge in [-0.1, -0.05) is 17.7 Å². The van der Waals surface area contributed by atoms with Gasteiger partial charge in [0.05, 0.1) is 22.8 Å². The molecule has 0 aliphatic rings. The Morgan fingerprint density at radius 3 is 2.76 bits per heavy atom. The third kappa shape index (κ3) is 3.36. The number of ether oxygens (including phenoxy) is 1. The summed E-state index contributed by atoms with van der Waals surface area (Å²) in [5.74, 6) is -0.505. The summed E-state index contributed by atoms with van der Waals surface area (Å²) in [6, 6.07) is 7.59. The molecule has 0 saturated heterocycles. The van der Waals surface area contributed by atoms with Crippen LogP contribution in [-0.4, -0.2) is 13.0 Å². The topological polar surface area (TPSA) is 38.3 Å². The minimum Gasteiger partial charge on any atom is -0.495 e. The summed E-state index contributed by atoms with van der Waals surface area (Å²) >= 11 is 9.08. The first-order valence-corrected chi connectivity index (χ1v) is 7.20. The quantitative estimate of drug-likeness (QED) is 0.839. The maximum absolute atomic E-state index is 13.5. The number of aryl methyl sites for hydroxylation is 1. The van der Waals surface area contributed by atoms with Gasteiger partial charge in [0.2, 0.25) is 0 Å². The lowest BCUT2D eigenvalue weighted by atomic mass is 10.1. The number of amides is 1. The summed E-state index contributed by atoms with van der Waals surface area (Å²) < 4.78 is 18.8. The van der Waals surface area contributed by atoms with Gasteiger partial charge in [-0.3, -0.25) is 4.79 Å². The first kappa shape index (κ1) is 15.8. The Morgan fingerprint density at radius 1 is 1.38 bits per heavy atom. The number of rotatable bonds is 3. The van der Waals surface area contributed by atoms with Crippen LogP contribution in [0.15, 0.2) is 34.8 Å². The Kier molecular flexibility index (Phi) is 4.85. The molecule has 0 spiro atoms. The van der Waals surface area contributed by atoms with E-state index < -0.39 is 11.7 Å². The van der Waals surface area contributed by atoms with E-state index in [1.54, 1.807) is 12.1 Å². The van der Waals surface area contributed by atoms with Gasteiger partial charge >= 0.3 is 0 Å². The Labute approximate surface area is 135 Å². The van der Waals surface area contributed by atoms with Crippen LogP contribution in [-0.2, 0) is 0 Å². The number of carbonyl (C=O) groups excluding carboxylic acids is 1. The molecule has 0 aliphatic carbocycles. The molecular weight excluding hydrogens is 361 g/mol. The largest absolute Gasteiger partial charge is 0.495 e. The number of benzene rings is 2. The highest BCUT2D eigenvalue weighted by atomic mass is 79.9. The molecule has 1 N–H and O–H groups in total. The van der Waals surface area contributed by atoms with E-state index >= 15 is 0 Å². The van der Waals surface area contributed by atoms with Crippen molar-refractivity contribution < 1.29 is 13.9 Å². The van der Waals surface area contributed by atoms with Crippen molar-refractivity contribution in [2.45, 2.75) is 6.92 Å².